The van der Waals surface area contributed by atoms with Gasteiger partial charge in [-0.05, 0) is 44.2 Å². The second-order valence-corrected chi connectivity index (χ2v) is 7.94. The molecule has 2 aliphatic heterocycles. The predicted molar refractivity (Wildman–Crippen MR) is 115 cm³/mol. The number of methoxy groups -OCH3 is 1. The third-order valence-electron chi connectivity index (χ3n) is 5.26. The minimum absolute atomic E-state index is 0.0624. The van der Waals surface area contributed by atoms with E-state index in [0.29, 0.717) is 46.4 Å². The first-order valence-corrected chi connectivity index (χ1v) is 10.2. The number of imide groups is 1. The number of nitrogens with zero attached hydrogens (tertiary/aromatic N) is 2. The van der Waals surface area contributed by atoms with Crippen molar-refractivity contribution in [2.45, 2.75) is 26.1 Å². The molecule has 4 rings (SSSR count). The summed E-state index contributed by atoms with van der Waals surface area (Å²) >= 11 is 6.00. The molecule has 1 saturated heterocycles. The number of morpholine rings is 1. The molecule has 0 N–H and O–H groups in total. The number of anilines is 1. The molecule has 30 heavy (non-hydrogen) atoms. The lowest BCUT2D eigenvalue weighted by Gasteiger charge is -2.37. The summed E-state index contributed by atoms with van der Waals surface area (Å²) in [7, 11) is 1.55. The maximum atomic E-state index is 13.6. The van der Waals surface area contributed by atoms with Crippen molar-refractivity contribution < 1.29 is 19.1 Å². The van der Waals surface area contributed by atoms with Crippen LogP contribution in [0.1, 0.15) is 19.4 Å². The zero-order valence-electron chi connectivity index (χ0n) is 17.1. The number of hydrogen-bond donors (Lipinski definition) is 0. The topological polar surface area (TPSA) is 59.1 Å². The molecule has 0 saturated carbocycles. The molecule has 0 aliphatic carbocycles. The molecule has 1 fully saturated rings. The van der Waals surface area contributed by atoms with Crippen LogP contribution in [-0.4, -0.2) is 49.1 Å². The van der Waals surface area contributed by atoms with Crippen LogP contribution >= 0.6 is 11.6 Å². The monoisotopic (exact) mass is 426 g/mol. The average Bonchev–Trinajstić information content (AvgIpc) is 2.98. The molecule has 2 heterocycles. The summed E-state index contributed by atoms with van der Waals surface area (Å²) in [4.78, 5) is 30.3. The Hall–Kier alpha value is -2.83. The highest BCUT2D eigenvalue weighted by atomic mass is 35.5. The van der Waals surface area contributed by atoms with Crippen LogP contribution in [0.3, 0.4) is 0 Å². The standard InChI is InChI=1S/C23H23ClN2O4/c1-14-12-25(13-15(2)30-14)21-20(18-6-4-5-7-19(18)29-3)22(27)26(23(21)28)17-10-8-16(24)9-11-17/h4-11,14-15H,12-13H2,1-3H3. The van der Waals surface area contributed by atoms with Gasteiger partial charge in [0.2, 0.25) is 0 Å². The van der Waals surface area contributed by atoms with Crippen molar-refractivity contribution in [2.75, 3.05) is 25.1 Å². The van der Waals surface area contributed by atoms with Crippen molar-refractivity contribution in [1.82, 2.24) is 4.90 Å². The number of para-hydroxylation sites is 1. The number of halogens is 1. The van der Waals surface area contributed by atoms with Crippen LogP contribution in [-0.2, 0) is 14.3 Å². The molecule has 2 aliphatic rings. The van der Waals surface area contributed by atoms with E-state index in [4.69, 9.17) is 21.1 Å². The van der Waals surface area contributed by atoms with Gasteiger partial charge < -0.3 is 14.4 Å². The Kier molecular flexibility index (Phi) is 5.54. The largest absolute Gasteiger partial charge is 0.496 e. The van der Waals surface area contributed by atoms with Crippen molar-refractivity contribution in [2.24, 2.45) is 0 Å². The first-order chi connectivity index (χ1) is 14.4. The Morgan fingerprint density at radius 3 is 2.23 bits per heavy atom. The minimum atomic E-state index is -0.381. The number of carbonyl (C=O) groups is 2. The average molecular weight is 427 g/mol. The van der Waals surface area contributed by atoms with E-state index < -0.39 is 0 Å². The van der Waals surface area contributed by atoms with E-state index in [1.54, 1.807) is 43.5 Å². The fourth-order valence-corrected chi connectivity index (χ4v) is 4.22. The maximum Gasteiger partial charge on any atom is 0.282 e. The van der Waals surface area contributed by atoms with Crippen LogP contribution in [0.5, 0.6) is 5.75 Å². The van der Waals surface area contributed by atoms with Crippen LogP contribution in [0, 0.1) is 0 Å². The predicted octanol–water partition coefficient (Wildman–Crippen LogP) is 3.74. The van der Waals surface area contributed by atoms with Gasteiger partial charge in [0, 0.05) is 23.7 Å². The molecule has 0 radical (unpaired) electrons. The highest BCUT2D eigenvalue weighted by molar-refractivity contribution is 6.45. The van der Waals surface area contributed by atoms with Gasteiger partial charge in [0.15, 0.2) is 0 Å². The molecule has 156 valence electrons. The summed E-state index contributed by atoms with van der Waals surface area (Å²) in [6.45, 7) is 4.96. The lowest BCUT2D eigenvalue weighted by atomic mass is 10.0. The van der Waals surface area contributed by atoms with Crippen molar-refractivity contribution in [1.29, 1.82) is 0 Å². The summed E-state index contributed by atoms with van der Waals surface area (Å²) in [5.41, 5.74) is 1.79. The number of carbonyl (C=O) groups excluding carboxylic acids is 2. The van der Waals surface area contributed by atoms with E-state index >= 15 is 0 Å². The van der Waals surface area contributed by atoms with Gasteiger partial charge >= 0.3 is 0 Å². The van der Waals surface area contributed by atoms with Crippen LogP contribution in [0.25, 0.3) is 5.57 Å². The molecule has 0 aromatic heterocycles. The fourth-order valence-electron chi connectivity index (χ4n) is 4.09. The summed E-state index contributed by atoms with van der Waals surface area (Å²) < 4.78 is 11.3. The van der Waals surface area contributed by atoms with Crippen LogP contribution < -0.4 is 9.64 Å². The molecule has 6 nitrogen and oxygen atoms in total. The molecular weight excluding hydrogens is 404 g/mol. The second-order valence-electron chi connectivity index (χ2n) is 7.51. The number of rotatable bonds is 4. The minimum Gasteiger partial charge on any atom is -0.496 e. The Morgan fingerprint density at radius 1 is 0.967 bits per heavy atom. The molecule has 2 amide bonds. The Bertz CT molecular complexity index is 1010. The summed E-state index contributed by atoms with van der Waals surface area (Å²) in [6.07, 6.45) is -0.125. The number of amides is 2. The summed E-state index contributed by atoms with van der Waals surface area (Å²) in [6, 6.07) is 13.9. The van der Waals surface area contributed by atoms with Gasteiger partial charge in [-0.15, -0.1) is 0 Å². The number of ether oxygens (including phenoxy) is 2. The fraction of sp³-hybridized carbons (Fsp3) is 0.304. The van der Waals surface area contributed by atoms with Crippen LogP contribution in [0.2, 0.25) is 5.02 Å². The second kappa shape index (κ2) is 8.13. The van der Waals surface area contributed by atoms with E-state index in [2.05, 4.69) is 0 Å². The third-order valence-corrected chi connectivity index (χ3v) is 5.51. The zero-order valence-corrected chi connectivity index (χ0v) is 17.8. The highest BCUT2D eigenvalue weighted by Crippen LogP contribution is 2.39. The summed E-state index contributed by atoms with van der Waals surface area (Å²) in [5, 5.41) is 0.534. The molecule has 2 aromatic rings. The first-order valence-electron chi connectivity index (χ1n) is 9.83. The van der Waals surface area contributed by atoms with E-state index in [1.807, 2.05) is 30.9 Å². The Balaban J connectivity index is 1.87. The molecular formula is C23H23ClN2O4. The van der Waals surface area contributed by atoms with Crippen molar-refractivity contribution in [3.8, 4) is 5.75 Å². The van der Waals surface area contributed by atoms with Gasteiger partial charge in [-0.2, -0.15) is 0 Å². The number of hydrogen-bond acceptors (Lipinski definition) is 5. The SMILES string of the molecule is COc1ccccc1C1=C(N2CC(C)OC(C)C2)C(=O)N(c2ccc(Cl)cc2)C1=O. The van der Waals surface area contributed by atoms with Crippen LogP contribution in [0.4, 0.5) is 5.69 Å². The van der Waals surface area contributed by atoms with E-state index in [1.165, 1.54) is 4.90 Å². The van der Waals surface area contributed by atoms with Crippen molar-refractivity contribution in [3.05, 3.63) is 64.8 Å². The van der Waals surface area contributed by atoms with Gasteiger partial charge in [-0.3, -0.25) is 9.59 Å². The lowest BCUT2D eigenvalue weighted by molar-refractivity contribution is -0.121. The molecule has 2 aromatic carbocycles. The lowest BCUT2D eigenvalue weighted by Crippen LogP contribution is -2.47. The van der Waals surface area contributed by atoms with Gasteiger partial charge in [0.25, 0.3) is 11.8 Å². The van der Waals surface area contributed by atoms with Crippen LogP contribution in [0.15, 0.2) is 54.2 Å². The van der Waals surface area contributed by atoms with Gasteiger partial charge in [-0.1, -0.05) is 29.8 Å². The molecule has 0 bridgehead atoms. The zero-order chi connectivity index (χ0) is 21.4. The molecule has 2 unspecified atom stereocenters. The van der Waals surface area contributed by atoms with E-state index in [0.717, 1.165) is 0 Å². The van der Waals surface area contributed by atoms with E-state index in [-0.39, 0.29) is 24.0 Å². The molecule has 7 heteroatoms. The van der Waals surface area contributed by atoms with Gasteiger partial charge in [0.1, 0.15) is 11.4 Å². The van der Waals surface area contributed by atoms with Crippen molar-refractivity contribution >= 4 is 34.7 Å². The highest BCUT2D eigenvalue weighted by Gasteiger charge is 2.44. The van der Waals surface area contributed by atoms with E-state index in [9.17, 15) is 9.59 Å². The maximum absolute atomic E-state index is 13.6. The summed E-state index contributed by atoms with van der Waals surface area (Å²) in [5.74, 6) is -0.198. The number of benzene rings is 2. The molecule has 0 spiro atoms. The van der Waals surface area contributed by atoms with Gasteiger partial charge in [0.05, 0.1) is 30.6 Å². The Morgan fingerprint density at radius 2 is 1.60 bits per heavy atom. The Labute approximate surface area is 180 Å². The first kappa shape index (κ1) is 20.4. The smallest absolute Gasteiger partial charge is 0.282 e. The van der Waals surface area contributed by atoms with Gasteiger partial charge in [-0.25, -0.2) is 4.90 Å². The quantitative estimate of drug-likeness (QED) is 0.697. The van der Waals surface area contributed by atoms with Crippen molar-refractivity contribution in [3.63, 3.8) is 0 Å². The molecule has 2 atom stereocenters. The third kappa shape index (κ3) is 3.57. The normalized spacial score (nSPS) is 22.1.